The molecule has 1 heterocycles. The van der Waals surface area contributed by atoms with Crippen molar-refractivity contribution in [2.75, 3.05) is 6.54 Å². The molecule has 1 saturated carbocycles. The molecule has 0 radical (unpaired) electrons. The van der Waals surface area contributed by atoms with E-state index in [1.54, 1.807) is 11.4 Å². The van der Waals surface area contributed by atoms with Gasteiger partial charge in [0.25, 0.3) is 10.0 Å². The molecule has 0 N–H and O–H groups in total. The maximum atomic E-state index is 13.0. The lowest BCUT2D eigenvalue weighted by Crippen LogP contribution is -2.40. The number of hydrogen-bond donors (Lipinski definition) is 0. The van der Waals surface area contributed by atoms with E-state index < -0.39 is 10.0 Å². The number of sulfonamides is 1. The van der Waals surface area contributed by atoms with Crippen molar-refractivity contribution < 1.29 is 8.42 Å². The van der Waals surface area contributed by atoms with E-state index >= 15 is 0 Å². The molecule has 1 aromatic heterocycles. The Morgan fingerprint density at radius 1 is 1.38 bits per heavy atom. The van der Waals surface area contributed by atoms with E-state index in [0.717, 1.165) is 32.1 Å². The average Bonchev–Trinajstić information content (AvgIpc) is 2.99. The third kappa shape index (κ3) is 3.65. The van der Waals surface area contributed by atoms with Crippen molar-refractivity contribution in [2.45, 2.75) is 57.0 Å². The highest BCUT2D eigenvalue weighted by Crippen LogP contribution is 2.31. The summed E-state index contributed by atoms with van der Waals surface area (Å²) < 4.78 is 29.3. The molecule has 120 valence electrons. The summed E-state index contributed by atoms with van der Waals surface area (Å²) in [5, 5.41) is 7.76. The van der Waals surface area contributed by atoms with Gasteiger partial charge < -0.3 is 0 Å². The Kier molecular flexibility index (Phi) is 5.43. The van der Waals surface area contributed by atoms with Crippen LogP contribution in [0.2, 0.25) is 0 Å². The van der Waals surface area contributed by atoms with E-state index in [1.807, 2.05) is 0 Å². The standard InChI is InChI=1S/C13H23BrN4O2S/c1-10(2)8-9-18(11-6-4-5-7-11)21(19,20)13-12(14)15-16-17(13)3/h10-11H,4-9H2,1-3H3. The lowest BCUT2D eigenvalue weighted by molar-refractivity contribution is 0.302. The third-order valence-electron chi connectivity index (χ3n) is 3.95. The summed E-state index contributed by atoms with van der Waals surface area (Å²) in [6.07, 6.45) is 4.95. The monoisotopic (exact) mass is 378 g/mol. The summed E-state index contributed by atoms with van der Waals surface area (Å²) in [5.74, 6) is 0.470. The molecule has 0 spiro atoms. The number of rotatable bonds is 6. The molecule has 0 bridgehead atoms. The smallest absolute Gasteiger partial charge is 0.235 e. The Morgan fingerprint density at radius 3 is 2.48 bits per heavy atom. The fourth-order valence-corrected chi connectivity index (χ4v) is 5.52. The van der Waals surface area contributed by atoms with Crippen molar-refractivity contribution in [3.63, 3.8) is 0 Å². The summed E-state index contributed by atoms with van der Waals surface area (Å²) in [6, 6.07) is 0.107. The molecule has 1 aliphatic carbocycles. The van der Waals surface area contributed by atoms with Gasteiger partial charge in [0.1, 0.15) is 0 Å². The Hall–Kier alpha value is -0.470. The van der Waals surface area contributed by atoms with Gasteiger partial charge in [-0.1, -0.05) is 31.9 Å². The van der Waals surface area contributed by atoms with Crippen LogP contribution >= 0.6 is 15.9 Å². The van der Waals surface area contributed by atoms with Crippen molar-refractivity contribution in [1.82, 2.24) is 19.3 Å². The van der Waals surface area contributed by atoms with Gasteiger partial charge in [-0.2, -0.15) is 4.31 Å². The van der Waals surface area contributed by atoms with Gasteiger partial charge >= 0.3 is 0 Å². The summed E-state index contributed by atoms with van der Waals surface area (Å²) >= 11 is 3.21. The predicted molar refractivity (Wildman–Crippen MR) is 84.3 cm³/mol. The number of hydrogen-bond acceptors (Lipinski definition) is 4. The van der Waals surface area contributed by atoms with Crippen molar-refractivity contribution in [1.29, 1.82) is 0 Å². The van der Waals surface area contributed by atoms with Crippen LogP contribution in [0.5, 0.6) is 0 Å². The summed E-state index contributed by atoms with van der Waals surface area (Å²) in [6.45, 7) is 4.78. The van der Waals surface area contributed by atoms with E-state index in [1.165, 1.54) is 4.68 Å². The Morgan fingerprint density at radius 2 is 2.00 bits per heavy atom. The first-order valence-corrected chi connectivity index (χ1v) is 9.64. The summed E-state index contributed by atoms with van der Waals surface area (Å²) in [7, 11) is -1.96. The molecule has 21 heavy (non-hydrogen) atoms. The largest absolute Gasteiger partial charge is 0.263 e. The molecule has 1 fully saturated rings. The second-order valence-corrected chi connectivity index (χ2v) is 8.60. The van der Waals surface area contributed by atoms with Crippen LogP contribution in [0.3, 0.4) is 0 Å². The molecule has 0 aliphatic heterocycles. The Bertz CT molecular complexity index is 559. The second kappa shape index (κ2) is 6.75. The highest BCUT2D eigenvalue weighted by Gasteiger charge is 2.36. The second-order valence-electron chi connectivity index (χ2n) is 6.05. The molecule has 6 nitrogen and oxygen atoms in total. The lowest BCUT2D eigenvalue weighted by Gasteiger charge is -2.28. The minimum absolute atomic E-state index is 0.107. The van der Waals surface area contributed by atoms with Crippen LogP contribution in [0, 0.1) is 5.92 Å². The van der Waals surface area contributed by atoms with Crippen molar-refractivity contribution in [2.24, 2.45) is 13.0 Å². The molecular formula is C13H23BrN4O2S. The lowest BCUT2D eigenvalue weighted by atomic mass is 10.1. The van der Waals surface area contributed by atoms with Crippen LogP contribution in [0.4, 0.5) is 0 Å². The van der Waals surface area contributed by atoms with E-state index in [2.05, 4.69) is 40.1 Å². The van der Waals surface area contributed by atoms with E-state index in [4.69, 9.17) is 0 Å². The molecule has 0 amide bonds. The minimum Gasteiger partial charge on any atom is -0.235 e. The maximum Gasteiger partial charge on any atom is 0.263 e. The predicted octanol–water partition coefficient (Wildman–Crippen LogP) is 2.56. The fourth-order valence-electron chi connectivity index (χ4n) is 2.78. The van der Waals surface area contributed by atoms with Crippen LogP contribution < -0.4 is 0 Å². The van der Waals surface area contributed by atoms with Crippen LogP contribution in [-0.4, -0.2) is 40.3 Å². The molecule has 0 aromatic carbocycles. The molecule has 0 atom stereocenters. The first-order valence-electron chi connectivity index (χ1n) is 7.41. The van der Waals surface area contributed by atoms with E-state index in [-0.39, 0.29) is 15.7 Å². The molecule has 0 saturated heterocycles. The van der Waals surface area contributed by atoms with Gasteiger partial charge in [-0.05, 0) is 41.1 Å². The van der Waals surface area contributed by atoms with Crippen LogP contribution in [0.15, 0.2) is 9.63 Å². The molecule has 1 aliphatic rings. The van der Waals surface area contributed by atoms with Crippen molar-refractivity contribution >= 4 is 26.0 Å². The van der Waals surface area contributed by atoms with E-state index in [0.29, 0.717) is 12.5 Å². The highest BCUT2D eigenvalue weighted by atomic mass is 79.9. The summed E-state index contributed by atoms with van der Waals surface area (Å²) in [4.78, 5) is 0. The third-order valence-corrected chi connectivity index (χ3v) is 6.79. The van der Waals surface area contributed by atoms with Gasteiger partial charge in [-0.25, -0.2) is 13.1 Å². The van der Waals surface area contributed by atoms with Gasteiger partial charge in [0.2, 0.25) is 5.03 Å². The highest BCUT2D eigenvalue weighted by molar-refractivity contribution is 9.10. The van der Waals surface area contributed by atoms with Gasteiger partial charge in [0.15, 0.2) is 4.60 Å². The van der Waals surface area contributed by atoms with Crippen molar-refractivity contribution in [3.8, 4) is 0 Å². The Balaban J connectivity index is 2.34. The van der Waals surface area contributed by atoms with E-state index in [9.17, 15) is 8.42 Å². The molecule has 0 unspecified atom stereocenters. The summed E-state index contributed by atoms with van der Waals surface area (Å²) in [5.41, 5.74) is 0. The SMILES string of the molecule is CC(C)CCN(C1CCCC1)S(=O)(=O)c1c(Br)nnn1C. The van der Waals surface area contributed by atoms with Crippen LogP contribution in [0.25, 0.3) is 0 Å². The topological polar surface area (TPSA) is 68.1 Å². The zero-order valence-corrected chi connectivity index (χ0v) is 15.2. The van der Waals surface area contributed by atoms with Gasteiger partial charge in [-0.15, -0.1) is 5.10 Å². The zero-order valence-electron chi connectivity index (χ0n) is 12.8. The zero-order chi connectivity index (χ0) is 15.6. The minimum atomic E-state index is -3.57. The van der Waals surface area contributed by atoms with Gasteiger partial charge in [-0.3, -0.25) is 0 Å². The Labute approximate surface area is 135 Å². The van der Waals surface area contributed by atoms with Gasteiger partial charge in [0, 0.05) is 19.6 Å². The molecule has 8 heteroatoms. The van der Waals surface area contributed by atoms with Crippen LogP contribution in [0.1, 0.15) is 46.0 Å². The first-order chi connectivity index (χ1) is 9.84. The molecule has 2 rings (SSSR count). The van der Waals surface area contributed by atoms with Crippen molar-refractivity contribution in [3.05, 3.63) is 4.60 Å². The molecule has 1 aromatic rings. The average molecular weight is 379 g/mol. The maximum absolute atomic E-state index is 13.0. The number of aromatic nitrogens is 3. The quantitative estimate of drug-likeness (QED) is 0.762. The fraction of sp³-hybridized carbons (Fsp3) is 0.846. The van der Waals surface area contributed by atoms with Crippen LogP contribution in [-0.2, 0) is 17.1 Å². The number of aryl methyl sites for hydroxylation is 1. The van der Waals surface area contributed by atoms with Gasteiger partial charge in [0.05, 0.1) is 0 Å². The number of nitrogens with zero attached hydrogens (tertiary/aromatic N) is 4. The number of halogens is 1. The normalized spacial score (nSPS) is 17.2. The first kappa shape index (κ1) is 16.9. The molecular weight excluding hydrogens is 356 g/mol.